The molecule has 2 aromatic rings. The molecule has 1 aromatic heterocycles. The number of amides is 4. The molecule has 1 aliphatic rings. The minimum atomic E-state index is -1.43. The maximum atomic E-state index is 13.0. The first-order valence-corrected chi connectivity index (χ1v) is 10.4. The van der Waals surface area contributed by atoms with E-state index < -0.39 is 34.9 Å². The molecule has 9 nitrogen and oxygen atoms in total. The number of thiophene rings is 1. The molecule has 0 unspecified atom stereocenters. The zero-order valence-electron chi connectivity index (χ0n) is 16.5. The van der Waals surface area contributed by atoms with E-state index in [4.69, 9.17) is 11.6 Å². The lowest BCUT2D eigenvalue weighted by Crippen LogP contribution is -2.44. The van der Waals surface area contributed by atoms with Crippen LogP contribution in [-0.2, 0) is 21.7 Å². The second kappa shape index (κ2) is 8.86. The molecular weight excluding hydrogens is 444 g/mol. The van der Waals surface area contributed by atoms with E-state index in [0.717, 1.165) is 9.78 Å². The number of rotatable bonds is 8. The fourth-order valence-electron chi connectivity index (χ4n) is 3.22. The zero-order chi connectivity index (χ0) is 22.8. The van der Waals surface area contributed by atoms with Gasteiger partial charge in [-0.05, 0) is 36.8 Å². The number of carbonyl (C=O) groups is 3. The molecule has 1 atom stereocenters. The number of hydrogen-bond acceptors (Lipinski definition) is 6. The molecular formula is C20H19ClN4O5S. The van der Waals surface area contributed by atoms with Crippen molar-refractivity contribution in [2.75, 3.05) is 13.1 Å². The Hall–Kier alpha value is -3.24. The molecule has 3 rings (SSSR count). The summed E-state index contributed by atoms with van der Waals surface area (Å²) < 4.78 is 0.592. The topological polar surface area (TPSA) is 113 Å². The van der Waals surface area contributed by atoms with Gasteiger partial charge in [-0.25, -0.2) is 4.79 Å². The van der Waals surface area contributed by atoms with Crippen LogP contribution >= 0.6 is 22.9 Å². The van der Waals surface area contributed by atoms with E-state index >= 15 is 0 Å². The summed E-state index contributed by atoms with van der Waals surface area (Å²) in [7, 11) is 0. The third-order valence-electron chi connectivity index (χ3n) is 4.90. The number of hydrogen-bond donors (Lipinski definition) is 1. The van der Waals surface area contributed by atoms with Gasteiger partial charge in [-0.1, -0.05) is 17.7 Å². The van der Waals surface area contributed by atoms with E-state index in [1.165, 1.54) is 47.4 Å². The van der Waals surface area contributed by atoms with Crippen LogP contribution in [-0.4, -0.2) is 45.7 Å². The Balaban J connectivity index is 1.76. The van der Waals surface area contributed by atoms with Crippen LogP contribution in [0.15, 0.2) is 49.1 Å². The molecule has 0 spiro atoms. The van der Waals surface area contributed by atoms with E-state index in [1.54, 1.807) is 18.2 Å². The maximum Gasteiger partial charge on any atom is 0.325 e. The van der Waals surface area contributed by atoms with Gasteiger partial charge < -0.3 is 10.2 Å². The Morgan fingerprint density at radius 1 is 1.32 bits per heavy atom. The highest BCUT2D eigenvalue weighted by Gasteiger charge is 2.49. The fourth-order valence-corrected chi connectivity index (χ4v) is 4.33. The van der Waals surface area contributed by atoms with Gasteiger partial charge >= 0.3 is 6.03 Å². The summed E-state index contributed by atoms with van der Waals surface area (Å²) in [5.74, 6) is -1.04. The van der Waals surface area contributed by atoms with Gasteiger partial charge in [0, 0.05) is 23.6 Å². The summed E-state index contributed by atoms with van der Waals surface area (Å²) in [4.78, 5) is 51.9. The zero-order valence-corrected chi connectivity index (χ0v) is 18.1. The van der Waals surface area contributed by atoms with Gasteiger partial charge in [0.15, 0.2) is 0 Å². The molecule has 0 radical (unpaired) electrons. The predicted molar refractivity (Wildman–Crippen MR) is 116 cm³/mol. The Labute approximate surface area is 187 Å². The smallest absolute Gasteiger partial charge is 0.325 e. The lowest BCUT2D eigenvalue weighted by atomic mass is 9.92. The number of imide groups is 1. The van der Waals surface area contributed by atoms with Gasteiger partial charge in [0.2, 0.25) is 5.91 Å². The molecule has 0 aliphatic carbocycles. The summed E-state index contributed by atoms with van der Waals surface area (Å²) in [6, 6.07) is 8.15. The van der Waals surface area contributed by atoms with Gasteiger partial charge in [0.25, 0.3) is 11.6 Å². The van der Waals surface area contributed by atoms with Crippen LogP contribution in [0.25, 0.3) is 0 Å². The molecule has 0 bridgehead atoms. The quantitative estimate of drug-likeness (QED) is 0.280. The number of urea groups is 1. The molecule has 1 saturated heterocycles. The minimum absolute atomic E-state index is 0.134. The average Bonchev–Trinajstić information content (AvgIpc) is 3.23. The Bertz CT molecular complexity index is 1050. The SMILES string of the molecule is C=CCN(Cc1ccc(Cl)s1)C(=O)CN1C(=O)N[C@@](C)(c2ccc([N+](=O)[O-])cc2)C1=O. The molecule has 1 aromatic carbocycles. The first-order chi connectivity index (χ1) is 14.7. The highest BCUT2D eigenvalue weighted by atomic mass is 35.5. The van der Waals surface area contributed by atoms with Crippen molar-refractivity contribution in [1.29, 1.82) is 0 Å². The minimum Gasteiger partial charge on any atom is -0.332 e. The van der Waals surface area contributed by atoms with Crippen LogP contribution in [0.1, 0.15) is 17.4 Å². The van der Waals surface area contributed by atoms with Gasteiger partial charge in [0.1, 0.15) is 12.1 Å². The third-order valence-corrected chi connectivity index (χ3v) is 6.12. The molecule has 31 heavy (non-hydrogen) atoms. The molecule has 0 saturated carbocycles. The summed E-state index contributed by atoms with van der Waals surface area (Å²) in [6.07, 6.45) is 1.56. The number of nitro groups is 1. The molecule has 4 amide bonds. The van der Waals surface area contributed by atoms with Gasteiger partial charge in [-0.2, -0.15) is 0 Å². The Kier molecular flexibility index (Phi) is 6.42. The van der Waals surface area contributed by atoms with Crippen LogP contribution < -0.4 is 5.32 Å². The number of carbonyl (C=O) groups excluding carboxylic acids is 3. The van der Waals surface area contributed by atoms with Crippen molar-refractivity contribution in [3.63, 3.8) is 0 Å². The second-order valence-corrected chi connectivity index (χ2v) is 8.82. The predicted octanol–water partition coefficient (Wildman–Crippen LogP) is 3.29. The summed E-state index contributed by atoms with van der Waals surface area (Å²) in [6.45, 7) is 5.20. The summed E-state index contributed by atoms with van der Waals surface area (Å²) >= 11 is 7.28. The fraction of sp³-hybridized carbons (Fsp3) is 0.250. The van der Waals surface area contributed by atoms with E-state index in [9.17, 15) is 24.5 Å². The highest BCUT2D eigenvalue weighted by Crippen LogP contribution is 2.30. The van der Waals surface area contributed by atoms with Crippen molar-refractivity contribution in [2.24, 2.45) is 0 Å². The largest absolute Gasteiger partial charge is 0.332 e. The number of halogens is 1. The number of nitrogens with one attached hydrogen (secondary N) is 1. The van der Waals surface area contributed by atoms with Crippen molar-refractivity contribution in [3.8, 4) is 0 Å². The van der Waals surface area contributed by atoms with Crippen LogP contribution in [0.3, 0.4) is 0 Å². The van der Waals surface area contributed by atoms with E-state index in [0.29, 0.717) is 9.90 Å². The first kappa shape index (κ1) is 22.4. The molecule has 1 N–H and O–H groups in total. The van der Waals surface area contributed by atoms with E-state index in [1.807, 2.05) is 0 Å². The number of nitrogens with zero attached hydrogens (tertiary/aromatic N) is 3. The third kappa shape index (κ3) is 4.59. The van der Waals surface area contributed by atoms with Gasteiger partial charge in [-0.15, -0.1) is 17.9 Å². The molecule has 11 heteroatoms. The van der Waals surface area contributed by atoms with E-state index in [-0.39, 0.29) is 18.8 Å². The molecule has 1 aliphatic heterocycles. The number of nitro benzene ring substituents is 1. The number of benzene rings is 1. The first-order valence-electron chi connectivity index (χ1n) is 9.17. The molecule has 1 fully saturated rings. The standard InChI is InChI=1S/C20H19ClN4O5S/c1-3-10-23(11-15-8-9-16(21)31-15)17(26)12-24-18(27)20(2,22-19(24)28)13-4-6-14(7-5-13)25(29)30/h3-9H,1,10-12H2,2H3,(H,22,28)/t20-/m0/s1. The highest BCUT2D eigenvalue weighted by molar-refractivity contribution is 7.16. The normalized spacial score (nSPS) is 18.1. The lowest BCUT2D eigenvalue weighted by molar-refractivity contribution is -0.384. The van der Waals surface area contributed by atoms with Crippen LogP contribution in [0.2, 0.25) is 4.34 Å². The van der Waals surface area contributed by atoms with Crippen molar-refractivity contribution >= 4 is 46.5 Å². The second-order valence-electron chi connectivity index (χ2n) is 7.02. The average molecular weight is 463 g/mol. The molecule has 162 valence electrons. The van der Waals surface area contributed by atoms with Gasteiger partial charge in [-0.3, -0.25) is 24.6 Å². The van der Waals surface area contributed by atoms with Crippen LogP contribution in [0, 0.1) is 10.1 Å². The summed E-state index contributed by atoms with van der Waals surface area (Å²) in [5.41, 5.74) is -1.19. The molecule has 2 heterocycles. The Morgan fingerprint density at radius 3 is 2.55 bits per heavy atom. The lowest BCUT2D eigenvalue weighted by Gasteiger charge is -2.24. The van der Waals surface area contributed by atoms with Crippen LogP contribution in [0.5, 0.6) is 0 Å². The van der Waals surface area contributed by atoms with Gasteiger partial charge in [0.05, 0.1) is 15.8 Å². The van der Waals surface area contributed by atoms with E-state index in [2.05, 4.69) is 11.9 Å². The maximum absolute atomic E-state index is 13.0. The van der Waals surface area contributed by atoms with Crippen molar-refractivity contribution in [3.05, 3.63) is 73.9 Å². The van der Waals surface area contributed by atoms with Crippen molar-refractivity contribution in [1.82, 2.24) is 15.1 Å². The monoisotopic (exact) mass is 462 g/mol. The Morgan fingerprint density at radius 2 is 2.00 bits per heavy atom. The van der Waals surface area contributed by atoms with Crippen molar-refractivity contribution < 1.29 is 19.3 Å². The van der Waals surface area contributed by atoms with Crippen LogP contribution in [0.4, 0.5) is 10.5 Å². The summed E-state index contributed by atoms with van der Waals surface area (Å²) in [5, 5.41) is 13.4. The number of non-ortho nitro benzene ring substituents is 1. The van der Waals surface area contributed by atoms with Crippen molar-refractivity contribution in [2.45, 2.75) is 19.0 Å².